The number of alkyl halides is 3. The van der Waals surface area contributed by atoms with Gasteiger partial charge in [-0.15, -0.1) is 0 Å². The van der Waals surface area contributed by atoms with Crippen molar-refractivity contribution in [1.29, 1.82) is 4.78 Å². The van der Waals surface area contributed by atoms with Crippen molar-refractivity contribution in [3.05, 3.63) is 84.1 Å². The van der Waals surface area contributed by atoms with E-state index in [0.29, 0.717) is 72.0 Å². The van der Waals surface area contributed by atoms with E-state index < -0.39 is 44.8 Å². The zero-order valence-corrected chi connectivity index (χ0v) is 26.3. The predicted octanol–water partition coefficient (Wildman–Crippen LogP) is 6.61. The highest BCUT2D eigenvalue weighted by atomic mass is 32.2. The summed E-state index contributed by atoms with van der Waals surface area (Å²) in [6.07, 6.45) is -1.98. The predicted molar refractivity (Wildman–Crippen MR) is 172 cm³/mol. The van der Waals surface area contributed by atoms with Crippen LogP contribution in [-0.2, 0) is 20.6 Å². The van der Waals surface area contributed by atoms with Crippen LogP contribution in [0.4, 0.5) is 55.6 Å². The van der Waals surface area contributed by atoms with Gasteiger partial charge < -0.3 is 26.0 Å². The van der Waals surface area contributed by atoms with Gasteiger partial charge in [-0.05, 0) is 54.1 Å². The summed E-state index contributed by atoms with van der Waals surface area (Å²) >= 11 is 0. The summed E-state index contributed by atoms with van der Waals surface area (Å²) in [6.45, 7) is 3.94. The average Bonchev–Trinajstić information content (AvgIpc) is 3.03. The topological polar surface area (TPSA) is 144 Å². The minimum atomic E-state index is -4.76. The number of halogens is 5. The molecule has 1 aliphatic rings. The number of amides is 2. The normalized spacial score (nSPS) is 15.0. The summed E-state index contributed by atoms with van der Waals surface area (Å²) in [7, 11) is -2.96. The van der Waals surface area contributed by atoms with E-state index in [-0.39, 0.29) is 11.6 Å². The molecule has 5 N–H and O–H groups in total. The summed E-state index contributed by atoms with van der Waals surface area (Å²) in [4.78, 5) is 23.9. The summed E-state index contributed by atoms with van der Waals surface area (Å²) in [5.41, 5.74) is -0.949. The molecule has 11 nitrogen and oxygen atoms in total. The molecule has 48 heavy (non-hydrogen) atoms. The van der Waals surface area contributed by atoms with Crippen LogP contribution in [0.5, 0.6) is 0 Å². The summed E-state index contributed by atoms with van der Waals surface area (Å²) < 4.78 is 93.9. The number of nitrogens with one attached hydrogen (secondary N) is 5. The third-order valence-corrected chi connectivity index (χ3v) is 8.38. The molecular weight excluding hydrogens is 659 g/mol. The molecule has 2 amide bonds. The minimum Gasteiger partial charge on any atom is -0.379 e. The molecule has 0 saturated carbocycles. The number of anilines is 5. The van der Waals surface area contributed by atoms with Crippen LogP contribution >= 0.6 is 0 Å². The fraction of sp³-hybridized carbons (Fsp3) is 0.258. The van der Waals surface area contributed by atoms with Crippen LogP contribution in [0.15, 0.2) is 71.8 Å². The van der Waals surface area contributed by atoms with Gasteiger partial charge in [0.1, 0.15) is 17.5 Å². The Morgan fingerprint density at radius 2 is 1.75 bits per heavy atom. The molecule has 3 aromatic carbocycles. The largest absolute Gasteiger partial charge is 0.416 e. The number of hydrogen-bond acceptors (Lipinski definition) is 9. The lowest BCUT2D eigenvalue weighted by atomic mass is 10.1. The first-order chi connectivity index (χ1) is 22.8. The fourth-order valence-electron chi connectivity index (χ4n) is 4.75. The Kier molecular flexibility index (Phi) is 10.4. The zero-order chi connectivity index (χ0) is 34.5. The van der Waals surface area contributed by atoms with E-state index >= 15 is 4.39 Å². The SMILES string of the molecule is CS(=N)(=O)c1cccc(Nc2ncc(-c3ccc(NC(=O)Nc4cc(C(F)(F)F)ccc4F)c(F)c3)c(NCCN3CCOCC3)n2)c1. The van der Waals surface area contributed by atoms with Gasteiger partial charge in [-0.1, -0.05) is 12.1 Å². The second-order valence-electron chi connectivity index (χ2n) is 10.8. The maximum atomic E-state index is 15.3. The smallest absolute Gasteiger partial charge is 0.379 e. The zero-order valence-electron chi connectivity index (χ0n) is 25.5. The van der Waals surface area contributed by atoms with Crippen LogP contribution in [0.3, 0.4) is 0 Å². The Labute approximate surface area is 272 Å². The van der Waals surface area contributed by atoms with Crippen molar-refractivity contribution in [3.63, 3.8) is 0 Å². The molecule has 1 unspecified atom stereocenters. The maximum absolute atomic E-state index is 15.3. The third kappa shape index (κ3) is 8.93. The fourth-order valence-corrected chi connectivity index (χ4v) is 5.44. The number of benzene rings is 3. The van der Waals surface area contributed by atoms with Crippen molar-refractivity contribution >= 4 is 44.6 Å². The Balaban J connectivity index is 1.36. The van der Waals surface area contributed by atoms with Gasteiger partial charge in [0, 0.05) is 54.8 Å². The maximum Gasteiger partial charge on any atom is 0.416 e. The van der Waals surface area contributed by atoms with Crippen LogP contribution in [-0.4, -0.2) is 70.8 Å². The van der Waals surface area contributed by atoms with Crippen LogP contribution in [0.2, 0.25) is 0 Å². The monoisotopic (exact) mass is 690 g/mol. The van der Waals surface area contributed by atoms with E-state index in [9.17, 15) is 26.6 Å². The molecule has 1 fully saturated rings. The highest BCUT2D eigenvalue weighted by Gasteiger charge is 2.31. The lowest BCUT2D eigenvalue weighted by molar-refractivity contribution is -0.137. The van der Waals surface area contributed by atoms with Crippen molar-refractivity contribution in [2.45, 2.75) is 11.1 Å². The third-order valence-electron chi connectivity index (χ3n) is 7.22. The van der Waals surface area contributed by atoms with Crippen molar-refractivity contribution in [2.75, 3.05) is 66.9 Å². The minimum absolute atomic E-state index is 0.176. The first-order valence-electron chi connectivity index (χ1n) is 14.5. The number of hydrogen-bond donors (Lipinski definition) is 5. The Morgan fingerprint density at radius 1 is 1.00 bits per heavy atom. The van der Waals surface area contributed by atoms with Crippen molar-refractivity contribution in [1.82, 2.24) is 14.9 Å². The van der Waals surface area contributed by atoms with E-state index in [2.05, 4.69) is 30.8 Å². The van der Waals surface area contributed by atoms with E-state index in [1.807, 2.05) is 5.32 Å². The Morgan fingerprint density at radius 3 is 2.46 bits per heavy atom. The molecule has 4 aromatic rings. The first-order valence-corrected chi connectivity index (χ1v) is 16.5. The second-order valence-corrected chi connectivity index (χ2v) is 13.0. The molecular formula is C31H31F5N8O3S. The highest BCUT2D eigenvalue weighted by molar-refractivity contribution is 7.91. The van der Waals surface area contributed by atoms with Crippen LogP contribution in [0.25, 0.3) is 11.1 Å². The number of ether oxygens (including phenoxy) is 1. The highest BCUT2D eigenvalue weighted by Crippen LogP contribution is 2.33. The van der Waals surface area contributed by atoms with E-state index in [1.54, 1.807) is 24.3 Å². The summed E-state index contributed by atoms with van der Waals surface area (Å²) in [5, 5.41) is 10.5. The molecule has 1 saturated heterocycles. The van der Waals surface area contributed by atoms with Gasteiger partial charge in [0.05, 0.1) is 39.9 Å². The van der Waals surface area contributed by atoms with Crippen LogP contribution in [0.1, 0.15) is 5.56 Å². The number of carbonyl (C=O) groups is 1. The molecule has 17 heteroatoms. The molecule has 5 rings (SSSR count). The lowest BCUT2D eigenvalue weighted by Gasteiger charge is -2.26. The van der Waals surface area contributed by atoms with Gasteiger partial charge in [0.15, 0.2) is 0 Å². The van der Waals surface area contributed by atoms with E-state index in [4.69, 9.17) is 9.52 Å². The average molecular weight is 691 g/mol. The number of rotatable bonds is 10. The molecule has 1 aliphatic heterocycles. The number of carbonyl (C=O) groups excluding carboxylic acids is 1. The quantitative estimate of drug-likeness (QED) is 0.117. The van der Waals surface area contributed by atoms with Crippen molar-refractivity contribution < 1.29 is 35.7 Å². The van der Waals surface area contributed by atoms with Gasteiger partial charge in [0.2, 0.25) is 5.95 Å². The number of nitrogens with zero attached hydrogens (tertiary/aromatic N) is 3. The lowest BCUT2D eigenvalue weighted by Crippen LogP contribution is -2.39. The second kappa shape index (κ2) is 14.5. The molecule has 0 radical (unpaired) electrons. The molecule has 1 aromatic heterocycles. The summed E-state index contributed by atoms with van der Waals surface area (Å²) in [6, 6.07) is 10.7. The van der Waals surface area contributed by atoms with Crippen molar-refractivity contribution in [2.24, 2.45) is 0 Å². The molecule has 2 heterocycles. The number of urea groups is 1. The Bertz CT molecular complexity index is 1900. The molecule has 0 spiro atoms. The number of morpholine rings is 1. The Hall–Kier alpha value is -4.87. The first kappa shape index (κ1) is 34.5. The van der Waals surface area contributed by atoms with Gasteiger partial charge >= 0.3 is 12.2 Å². The van der Waals surface area contributed by atoms with Gasteiger partial charge in [0.25, 0.3) is 0 Å². The van der Waals surface area contributed by atoms with Crippen LogP contribution < -0.4 is 21.3 Å². The van der Waals surface area contributed by atoms with Gasteiger partial charge in [-0.25, -0.2) is 27.5 Å². The van der Waals surface area contributed by atoms with E-state index in [1.165, 1.54) is 24.6 Å². The van der Waals surface area contributed by atoms with Crippen LogP contribution in [0, 0.1) is 16.4 Å². The van der Waals surface area contributed by atoms with Gasteiger partial charge in [-0.3, -0.25) is 4.90 Å². The van der Waals surface area contributed by atoms with E-state index in [0.717, 1.165) is 19.2 Å². The molecule has 1 atom stereocenters. The standard InChI is InChI=1S/C31H31F5N8O3S/c1-48(37,46)22-4-2-3-21(17-22)40-29-39-18-23(28(43-29)38-9-10-44-11-13-47-14-12-44)19-5-8-26(25(33)15-19)41-30(45)42-27-16-20(31(34,35)36)6-7-24(27)32/h2-8,15-18,37H,9-14H2,1H3,(H2,41,42,45)(H2,38,39,40,43). The molecule has 0 bridgehead atoms. The molecule has 254 valence electrons. The number of aromatic nitrogens is 2. The van der Waals surface area contributed by atoms with Gasteiger partial charge in [-0.2, -0.15) is 18.2 Å². The van der Waals surface area contributed by atoms with Crippen molar-refractivity contribution in [3.8, 4) is 11.1 Å². The summed E-state index contributed by atoms with van der Waals surface area (Å²) in [5.74, 6) is -1.46. The molecule has 0 aliphatic carbocycles.